The average Bonchev–Trinajstić information content (AvgIpc) is 2.60. The van der Waals surface area contributed by atoms with Crippen LogP contribution >= 0.6 is 11.8 Å². The summed E-state index contributed by atoms with van der Waals surface area (Å²) in [6.07, 6.45) is 5.64. The van der Waals surface area contributed by atoms with Gasteiger partial charge >= 0.3 is 0 Å². The second-order valence-corrected chi connectivity index (χ2v) is 6.73. The average molecular weight is 324 g/mol. The Bertz CT molecular complexity index is 683. The van der Waals surface area contributed by atoms with E-state index in [2.05, 4.69) is 39.0 Å². The van der Waals surface area contributed by atoms with Crippen molar-refractivity contribution in [2.75, 3.05) is 5.75 Å². The van der Waals surface area contributed by atoms with E-state index in [1.54, 1.807) is 17.8 Å². The standard InChI is InChI=1S/C21H24OS/c1-4-16-7-8-18(17(5-2)15-16)11-14-21(22)19-9-12-20(13-10-19)23-6-3/h7-15H,4-6H2,1-3H3/b14-11+. The van der Waals surface area contributed by atoms with E-state index in [4.69, 9.17) is 0 Å². The summed E-state index contributed by atoms with van der Waals surface area (Å²) in [6.45, 7) is 6.44. The number of carbonyl (C=O) groups is 1. The van der Waals surface area contributed by atoms with Crippen LogP contribution in [0.1, 0.15) is 47.8 Å². The van der Waals surface area contributed by atoms with Gasteiger partial charge in [0.2, 0.25) is 0 Å². The predicted molar refractivity (Wildman–Crippen MR) is 101 cm³/mol. The molecule has 0 bridgehead atoms. The first-order valence-corrected chi connectivity index (χ1v) is 9.23. The lowest BCUT2D eigenvalue weighted by Gasteiger charge is -2.06. The Morgan fingerprint density at radius 1 is 1.00 bits per heavy atom. The molecule has 0 aromatic heterocycles. The fraction of sp³-hybridized carbons (Fsp3) is 0.286. The highest BCUT2D eigenvalue weighted by Gasteiger charge is 2.04. The van der Waals surface area contributed by atoms with Crippen LogP contribution in [0.2, 0.25) is 0 Å². The molecule has 0 fully saturated rings. The van der Waals surface area contributed by atoms with Gasteiger partial charge in [-0.05, 0) is 65.6 Å². The molecule has 0 unspecified atom stereocenters. The van der Waals surface area contributed by atoms with Gasteiger partial charge in [0.15, 0.2) is 5.78 Å². The van der Waals surface area contributed by atoms with E-state index < -0.39 is 0 Å². The molecule has 2 rings (SSSR count). The second-order valence-electron chi connectivity index (χ2n) is 5.40. The first kappa shape index (κ1) is 17.6. The molecule has 0 saturated carbocycles. The molecule has 23 heavy (non-hydrogen) atoms. The minimum absolute atomic E-state index is 0.0552. The zero-order valence-corrected chi connectivity index (χ0v) is 15.0. The normalized spacial score (nSPS) is 11.1. The van der Waals surface area contributed by atoms with E-state index in [0.29, 0.717) is 0 Å². The van der Waals surface area contributed by atoms with Gasteiger partial charge < -0.3 is 0 Å². The topological polar surface area (TPSA) is 17.1 Å². The van der Waals surface area contributed by atoms with E-state index in [0.717, 1.165) is 29.7 Å². The zero-order chi connectivity index (χ0) is 16.7. The third-order valence-electron chi connectivity index (χ3n) is 3.86. The monoisotopic (exact) mass is 324 g/mol. The van der Waals surface area contributed by atoms with Crippen LogP contribution in [0.25, 0.3) is 6.08 Å². The van der Waals surface area contributed by atoms with Crippen LogP contribution < -0.4 is 0 Å². The summed E-state index contributed by atoms with van der Waals surface area (Å²) in [5, 5.41) is 0. The highest BCUT2D eigenvalue weighted by atomic mass is 32.2. The van der Waals surface area contributed by atoms with Crippen LogP contribution in [-0.2, 0) is 12.8 Å². The van der Waals surface area contributed by atoms with Gasteiger partial charge in [-0.3, -0.25) is 4.79 Å². The van der Waals surface area contributed by atoms with Gasteiger partial charge in [0.05, 0.1) is 0 Å². The molecule has 0 saturated heterocycles. The fourth-order valence-electron chi connectivity index (χ4n) is 2.49. The molecule has 0 spiro atoms. The molecule has 2 aromatic rings. The summed E-state index contributed by atoms with van der Waals surface area (Å²) in [5.74, 6) is 1.10. The van der Waals surface area contributed by atoms with Gasteiger partial charge in [0, 0.05) is 10.5 Å². The third-order valence-corrected chi connectivity index (χ3v) is 4.75. The molecule has 0 N–H and O–H groups in total. The molecule has 0 radical (unpaired) electrons. The Labute approximate surface area is 143 Å². The lowest BCUT2D eigenvalue weighted by molar-refractivity contribution is 0.104. The first-order valence-electron chi connectivity index (χ1n) is 8.25. The first-order chi connectivity index (χ1) is 11.2. The molecule has 2 aromatic carbocycles. The van der Waals surface area contributed by atoms with Crippen molar-refractivity contribution in [2.45, 2.75) is 38.5 Å². The molecule has 0 heterocycles. The van der Waals surface area contributed by atoms with E-state index in [9.17, 15) is 4.79 Å². The highest BCUT2D eigenvalue weighted by Crippen LogP contribution is 2.19. The van der Waals surface area contributed by atoms with Crippen LogP contribution in [0.3, 0.4) is 0 Å². The van der Waals surface area contributed by atoms with Crippen LogP contribution in [-0.4, -0.2) is 11.5 Å². The number of aryl methyl sites for hydroxylation is 2. The molecule has 0 atom stereocenters. The maximum atomic E-state index is 12.3. The zero-order valence-electron chi connectivity index (χ0n) is 14.1. The number of hydrogen-bond donors (Lipinski definition) is 0. The molecule has 1 nitrogen and oxygen atoms in total. The van der Waals surface area contributed by atoms with Crippen LogP contribution in [0.15, 0.2) is 53.4 Å². The summed E-state index contributed by atoms with van der Waals surface area (Å²) in [7, 11) is 0. The van der Waals surface area contributed by atoms with Crippen molar-refractivity contribution in [2.24, 2.45) is 0 Å². The van der Waals surface area contributed by atoms with Gasteiger partial charge in [-0.25, -0.2) is 0 Å². The maximum absolute atomic E-state index is 12.3. The molecular formula is C21H24OS. The molecule has 2 heteroatoms. The van der Waals surface area contributed by atoms with Gasteiger partial charge in [-0.1, -0.05) is 45.0 Å². The van der Waals surface area contributed by atoms with E-state index in [1.165, 1.54) is 16.0 Å². The van der Waals surface area contributed by atoms with Crippen molar-refractivity contribution in [3.63, 3.8) is 0 Å². The maximum Gasteiger partial charge on any atom is 0.185 e. The number of benzene rings is 2. The summed E-state index contributed by atoms with van der Waals surface area (Å²) in [6, 6.07) is 14.3. The predicted octanol–water partition coefficient (Wildman–Crippen LogP) is 5.82. The second kappa shape index (κ2) is 8.73. The number of rotatable bonds is 7. The summed E-state index contributed by atoms with van der Waals surface area (Å²) >= 11 is 1.78. The van der Waals surface area contributed by atoms with Crippen molar-refractivity contribution >= 4 is 23.6 Å². The quantitative estimate of drug-likeness (QED) is 0.363. The Morgan fingerprint density at radius 3 is 2.35 bits per heavy atom. The molecule has 0 amide bonds. The number of carbonyl (C=O) groups excluding carboxylic acids is 1. The molecule has 0 aliphatic rings. The SMILES string of the molecule is CCSc1ccc(C(=O)/C=C/c2ccc(CC)cc2CC)cc1. The number of allylic oxidation sites excluding steroid dienone is 1. The van der Waals surface area contributed by atoms with Crippen molar-refractivity contribution in [1.82, 2.24) is 0 Å². The fourth-order valence-corrected chi connectivity index (χ4v) is 3.15. The van der Waals surface area contributed by atoms with Crippen LogP contribution in [0.5, 0.6) is 0 Å². The van der Waals surface area contributed by atoms with Gasteiger partial charge in [-0.15, -0.1) is 11.8 Å². The van der Waals surface area contributed by atoms with Crippen LogP contribution in [0, 0.1) is 0 Å². The Balaban J connectivity index is 2.14. The summed E-state index contributed by atoms with van der Waals surface area (Å²) in [5.41, 5.74) is 4.51. The van der Waals surface area contributed by atoms with E-state index >= 15 is 0 Å². The van der Waals surface area contributed by atoms with Crippen molar-refractivity contribution in [1.29, 1.82) is 0 Å². The summed E-state index contributed by atoms with van der Waals surface area (Å²) in [4.78, 5) is 13.5. The van der Waals surface area contributed by atoms with Gasteiger partial charge in [0.1, 0.15) is 0 Å². The lowest BCUT2D eigenvalue weighted by Crippen LogP contribution is -1.95. The number of ketones is 1. The van der Waals surface area contributed by atoms with E-state index in [1.807, 2.05) is 30.3 Å². The highest BCUT2D eigenvalue weighted by molar-refractivity contribution is 7.99. The Hall–Kier alpha value is -1.80. The van der Waals surface area contributed by atoms with Crippen molar-refractivity contribution in [3.05, 3.63) is 70.8 Å². The van der Waals surface area contributed by atoms with Crippen LogP contribution in [0.4, 0.5) is 0 Å². The van der Waals surface area contributed by atoms with Gasteiger partial charge in [0.25, 0.3) is 0 Å². The number of thioether (sulfide) groups is 1. The molecule has 0 aliphatic heterocycles. The lowest BCUT2D eigenvalue weighted by atomic mass is 9.99. The van der Waals surface area contributed by atoms with Crippen molar-refractivity contribution < 1.29 is 4.79 Å². The number of hydrogen-bond acceptors (Lipinski definition) is 2. The molecular weight excluding hydrogens is 300 g/mol. The molecule has 0 aliphatic carbocycles. The smallest absolute Gasteiger partial charge is 0.185 e. The van der Waals surface area contributed by atoms with E-state index in [-0.39, 0.29) is 5.78 Å². The molecule has 120 valence electrons. The third kappa shape index (κ3) is 4.84. The minimum Gasteiger partial charge on any atom is -0.289 e. The minimum atomic E-state index is 0.0552. The summed E-state index contributed by atoms with van der Waals surface area (Å²) < 4.78 is 0. The Kier molecular flexibility index (Phi) is 6.66. The van der Waals surface area contributed by atoms with Crippen molar-refractivity contribution in [3.8, 4) is 0 Å². The van der Waals surface area contributed by atoms with Gasteiger partial charge in [-0.2, -0.15) is 0 Å². The largest absolute Gasteiger partial charge is 0.289 e. The Morgan fingerprint density at radius 2 is 1.74 bits per heavy atom.